The molecule has 14 nitrogen and oxygen atoms in total. The van der Waals surface area contributed by atoms with E-state index in [0.717, 1.165) is 16.8 Å². The fourth-order valence-corrected chi connectivity index (χ4v) is 7.41. The van der Waals surface area contributed by atoms with E-state index in [1.807, 2.05) is 48.5 Å². The third-order valence-corrected chi connectivity index (χ3v) is 9.88. The minimum absolute atomic E-state index is 0.0468. The normalized spacial score (nSPS) is 12.7. The average molecular weight is 675 g/mol. The van der Waals surface area contributed by atoms with Gasteiger partial charge in [0, 0.05) is 43.8 Å². The zero-order chi connectivity index (χ0) is 32.9. The number of aromatic nitrogens is 8. The molecule has 0 radical (unpaired) electrons. The van der Waals surface area contributed by atoms with Gasteiger partial charge in [-0.3, -0.25) is 9.11 Å². The number of hydrogen-bond donors (Lipinski definition) is 4. The molecule has 8 bridgehead atoms. The van der Waals surface area contributed by atoms with Gasteiger partial charge in [-0.05, 0) is 12.1 Å². The topological polar surface area (TPSA) is 218 Å². The van der Waals surface area contributed by atoms with Gasteiger partial charge in [0.25, 0.3) is 20.2 Å². The highest BCUT2D eigenvalue weighted by Gasteiger charge is 2.26. The maximum Gasteiger partial charge on any atom is 0.295 e. The predicted molar refractivity (Wildman–Crippen MR) is 176 cm³/mol. The third kappa shape index (κ3) is 4.31. The molecule has 4 N–H and O–H groups in total. The van der Waals surface area contributed by atoms with Crippen molar-refractivity contribution in [3.05, 3.63) is 84.9 Å². The van der Waals surface area contributed by atoms with Gasteiger partial charge >= 0.3 is 0 Å². The summed E-state index contributed by atoms with van der Waals surface area (Å²) in [6, 6.07) is 23.7. The van der Waals surface area contributed by atoms with Gasteiger partial charge in [-0.1, -0.05) is 72.8 Å². The van der Waals surface area contributed by atoms with Crippen molar-refractivity contribution in [1.82, 2.24) is 39.9 Å². The van der Waals surface area contributed by atoms with Gasteiger partial charge in [0.15, 0.2) is 23.3 Å². The molecule has 0 atom stereocenters. The van der Waals surface area contributed by atoms with Gasteiger partial charge in [0.1, 0.15) is 27.5 Å². The largest absolute Gasteiger partial charge is 0.324 e. The van der Waals surface area contributed by atoms with Crippen LogP contribution in [0.2, 0.25) is 0 Å². The smallest absolute Gasteiger partial charge is 0.295 e. The molecule has 0 fully saturated rings. The standard InChI is InChI=1S/C32H18N8O6S2/c41-47(42,43)15-13-22-24(23(14-15)48(44,45)46)32-39-30-21-12-6-5-11-20(21)28(37-30)35-26-17-8-2-1-7-16(17)25(33-26)34-27-18-9-3-4-10-19(18)29(36-27)38-31(22)40-32/h1-14H,(H,41,42,43)(H,44,45,46)(H2,33,34,35,36,37,38,39,40). The Morgan fingerprint density at radius 1 is 0.458 bits per heavy atom. The molecular formula is C32H18N8O6S2. The Bertz CT molecular complexity index is 2980. The molecule has 0 amide bonds. The number of rotatable bonds is 2. The highest BCUT2D eigenvalue weighted by Crippen LogP contribution is 2.38. The molecule has 2 aliphatic heterocycles. The lowest BCUT2D eigenvalue weighted by Gasteiger charge is -2.04. The number of hydrogen-bond acceptors (Lipinski definition) is 10. The average Bonchev–Trinajstić information content (AvgIpc) is 3.79. The summed E-state index contributed by atoms with van der Waals surface area (Å²) in [5.41, 5.74) is 3.32. The zero-order valence-electron chi connectivity index (χ0n) is 24.1. The van der Waals surface area contributed by atoms with Crippen LogP contribution in [0.4, 0.5) is 0 Å². The minimum Gasteiger partial charge on any atom is -0.324 e. The molecule has 0 saturated carbocycles. The van der Waals surface area contributed by atoms with E-state index in [1.165, 1.54) is 0 Å². The van der Waals surface area contributed by atoms with Crippen LogP contribution in [0.3, 0.4) is 0 Å². The molecule has 2 aliphatic rings. The van der Waals surface area contributed by atoms with E-state index >= 15 is 0 Å². The van der Waals surface area contributed by atoms with Gasteiger partial charge in [-0.2, -0.15) is 16.8 Å². The summed E-state index contributed by atoms with van der Waals surface area (Å²) in [6.07, 6.45) is 0. The fraction of sp³-hybridized carbons (Fsp3) is 0. The maximum atomic E-state index is 12.7. The van der Waals surface area contributed by atoms with Crippen molar-refractivity contribution in [3.63, 3.8) is 0 Å². The Morgan fingerprint density at radius 3 is 1.29 bits per heavy atom. The molecule has 0 saturated heterocycles. The molecule has 0 aliphatic carbocycles. The van der Waals surface area contributed by atoms with Crippen LogP contribution in [-0.2, 0) is 20.2 Å². The number of benzene rings is 4. The highest BCUT2D eigenvalue weighted by molar-refractivity contribution is 7.86. The lowest BCUT2D eigenvalue weighted by molar-refractivity contribution is 0.482. The molecule has 5 heterocycles. The SMILES string of the molecule is O=S(=O)(O)c1cc(S(=O)(=O)O)c2c3nc4nc(nc5[nH]c(nc6nc(nc([nH]3)c2c1)-c1ccccc1-6)c1ccccc51)-c1ccccc1-4. The quantitative estimate of drug-likeness (QED) is 0.170. The number of H-pyrrole nitrogens is 2. The highest BCUT2D eigenvalue weighted by atomic mass is 32.2. The van der Waals surface area contributed by atoms with Crippen LogP contribution in [0, 0.1) is 0 Å². The first-order valence-electron chi connectivity index (χ1n) is 14.3. The van der Waals surface area contributed by atoms with Crippen LogP contribution >= 0.6 is 0 Å². The predicted octanol–water partition coefficient (Wildman–Crippen LogP) is 5.36. The molecule has 3 aromatic heterocycles. The van der Waals surface area contributed by atoms with E-state index in [-0.39, 0.29) is 33.7 Å². The summed E-state index contributed by atoms with van der Waals surface area (Å²) in [5.74, 6) is 0.980. The molecule has 4 aromatic carbocycles. The lowest BCUT2D eigenvalue weighted by Crippen LogP contribution is -2.04. The molecule has 16 heteroatoms. The Morgan fingerprint density at radius 2 is 0.854 bits per heavy atom. The molecular weight excluding hydrogens is 657 g/mol. The third-order valence-electron chi connectivity index (χ3n) is 8.17. The van der Waals surface area contributed by atoms with Gasteiger partial charge in [0.05, 0.1) is 4.90 Å². The summed E-state index contributed by atoms with van der Waals surface area (Å²) in [7, 11) is -10.0. The van der Waals surface area contributed by atoms with Gasteiger partial charge < -0.3 is 9.97 Å². The molecule has 7 aromatic rings. The van der Waals surface area contributed by atoms with E-state index in [9.17, 15) is 25.9 Å². The first-order valence-corrected chi connectivity index (χ1v) is 17.1. The van der Waals surface area contributed by atoms with E-state index in [2.05, 4.69) is 9.97 Å². The number of nitrogens with one attached hydrogen (secondary N) is 2. The number of nitrogens with zero attached hydrogens (tertiary/aromatic N) is 6. The van der Waals surface area contributed by atoms with Crippen LogP contribution in [0.1, 0.15) is 0 Å². The van der Waals surface area contributed by atoms with Gasteiger partial charge in [-0.25, -0.2) is 29.9 Å². The molecule has 234 valence electrons. The Hall–Kier alpha value is -5.94. The van der Waals surface area contributed by atoms with Crippen LogP contribution in [0.15, 0.2) is 94.7 Å². The van der Waals surface area contributed by atoms with E-state index in [0.29, 0.717) is 51.3 Å². The van der Waals surface area contributed by atoms with Crippen LogP contribution in [-0.4, -0.2) is 65.8 Å². The number of fused-ring (bicyclic) bond motifs is 20. The van der Waals surface area contributed by atoms with Crippen molar-refractivity contribution in [2.24, 2.45) is 0 Å². The fourth-order valence-electron chi connectivity index (χ4n) is 6.06. The van der Waals surface area contributed by atoms with Crippen LogP contribution in [0.5, 0.6) is 0 Å². The second kappa shape index (κ2) is 9.79. The van der Waals surface area contributed by atoms with Gasteiger partial charge in [0.2, 0.25) is 0 Å². The van der Waals surface area contributed by atoms with Crippen molar-refractivity contribution in [2.45, 2.75) is 9.79 Å². The Kier molecular flexibility index (Phi) is 5.77. The van der Waals surface area contributed by atoms with Crippen molar-refractivity contribution < 1.29 is 25.9 Å². The summed E-state index contributed by atoms with van der Waals surface area (Å²) < 4.78 is 70.2. The van der Waals surface area contributed by atoms with Crippen molar-refractivity contribution >= 4 is 64.4 Å². The lowest BCUT2D eigenvalue weighted by atomic mass is 10.1. The Labute approximate surface area is 269 Å². The molecule has 0 unspecified atom stereocenters. The van der Waals surface area contributed by atoms with Crippen LogP contribution < -0.4 is 0 Å². The second-order valence-electron chi connectivity index (χ2n) is 11.0. The van der Waals surface area contributed by atoms with E-state index < -0.39 is 30.0 Å². The maximum absolute atomic E-state index is 12.7. The number of aromatic amines is 2. The Balaban J connectivity index is 1.54. The van der Waals surface area contributed by atoms with E-state index in [1.54, 1.807) is 24.3 Å². The summed E-state index contributed by atoms with van der Waals surface area (Å²) in [6.45, 7) is 0. The summed E-state index contributed by atoms with van der Waals surface area (Å²) in [4.78, 5) is 33.3. The first-order chi connectivity index (χ1) is 23.0. The molecule has 9 rings (SSSR count). The van der Waals surface area contributed by atoms with Crippen molar-refractivity contribution in [3.8, 4) is 45.6 Å². The second-order valence-corrected chi connectivity index (χ2v) is 13.9. The van der Waals surface area contributed by atoms with Crippen LogP contribution in [0.25, 0.3) is 89.7 Å². The molecule has 0 spiro atoms. The monoisotopic (exact) mass is 674 g/mol. The first kappa shape index (κ1) is 28.3. The minimum atomic E-state index is -5.07. The summed E-state index contributed by atoms with van der Waals surface area (Å²) >= 11 is 0. The molecule has 48 heavy (non-hydrogen) atoms. The summed E-state index contributed by atoms with van der Waals surface area (Å²) in [5, 5.41) is 1.33. The van der Waals surface area contributed by atoms with E-state index in [4.69, 9.17) is 29.9 Å². The van der Waals surface area contributed by atoms with Crippen molar-refractivity contribution in [1.29, 1.82) is 0 Å². The van der Waals surface area contributed by atoms with Crippen molar-refractivity contribution in [2.75, 3.05) is 0 Å². The van der Waals surface area contributed by atoms with Gasteiger partial charge in [-0.15, -0.1) is 0 Å². The zero-order valence-corrected chi connectivity index (χ0v) is 25.7.